The zero-order valence-corrected chi connectivity index (χ0v) is 71.8. The topological polar surface area (TPSA) is 315 Å². The van der Waals surface area contributed by atoms with Gasteiger partial charge in [-0.15, -0.1) is 0 Å². The summed E-state index contributed by atoms with van der Waals surface area (Å²) in [6.07, 6.45) is 58.3. The van der Waals surface area contributed by atoms with Gasteiger partial charge in [-0.25, -0.2) is 9.13 Å². The van der Waals surface area contributed by atoms with Gasteiger partial charge in [0.25, 0.3) is 0 Å². The standard InChI is InChI=1S/C82H158N2O20P2S2/c1-5-9-13-17-21-25-29-33-37-41-45-49-53-57-79(89)97-69-75(103-81(91)59-55-51-47-43-39-35-31-27-23-19-15-11-7-3)71-101-105(93,94)99-67-73(65-85)83-77(87)61-63-107-108-64-62-78(88)84-74(66-86)68-100-106(95,96)102-72-76(104-82(92)60-56-52-48-44-40-36-32-28-24-20-16-12-8-4)70-98-80(90)58-54-50-46-42-38-34-30-26-22-18-14-10-6-2/h73-76,85-86H,5-72H2,1-4H3,(H,83,87)(H,84,88)(H,93,94)(H,95,96). The first-order valence-electron chi connectivity index (χ1n) is 43.4. The molecule has 0 aromatic carbocycles. The Morgan fingerprint density at radius 2 is 0.491 bits per heavy atom. The Labute approximate surface area is 663 Å². The molecule has 0 saturated heterocycles. The number of nitrogens with one attached hydrogen (secondary N) is 2. The van der Waals surface area contributed by atoms with E-state index in [0.717, 1.165) is 89.9 Å². The van der Waals surface area contributed by atoms with E-state index in [1.807, 2.05) is 0 Å². The molecule has 0 aromatic heterocycles. The minimum Gasteiger partial charge on any atom is -0.462 e. The number of esters is 4. The molecular weight excluding hydrogens is 1460 g/mol. The Bertz CT molecular complexity index is 2070. The molecule has 0 bridgehead atoms. The molecule has 6 unspecified atom stereocenters. The van der Waals surface area contributed by atoms with Crippen LogP contribution in [0.25, 0.3) is 0 Å². The lowest BCUT2D eigenvalue weighted by atomic mass is 10.0. The number of carbonyl (C=O) groups is 6. The summed E-state index contributed by atoms with van der Waals surface area (Å²) < 4.78 is 69.1. The predicted octanol–water partition coefficient (Wildman–Crippen LogP) is 21.2. The molecule has 0 aliphatic carbocycles. The molecule has 0 fully saturated rings. The van der Waals surface area contributed by atoms with E-state index in [0.29, 0.717) is 25.7 Å². The van der Waals surface area contributed by atoms with Crippen molar-refractivity contribution in [2.75, 3.05) is 64.4 Å². The van der Waals surface area contributed by atoms with Crippen LogP contribution in [0.1, 0.15) is 400 Å². The van der Waals surface area contributed by atoms with Gasteiger partial charge in [0.2, 0.25) is 11.8 Å². The van der Waals surface area contributed by atoms with E-state index in [-0.39, 0.29) is 63.2 Å². The van der Waals surface area contributed by atoms with E-state index in [2.05, 4.69) is 38.3 Å². The lowest BCUT2D eigenvalue weighted by Crippen LogP contribution is -2.41. The molecule has 26 heteroatoms. The van der Waals surface area contributed by atoms with Gasteiger partial charge in [-0.05, 0) is 25.7 Å². The maximum Gasteiger partial charge on any atom is 0.472 e. The molecular formula is C82H158N2O20P2S2. The minimum atomic E-state index is -4.85. The van der Waals surface area contributed by atoms with Crippen LogP contribution in [0.4, 0.5) is 0 Å². The van der Waals surface area contributed by atoms with Crippen LogP contribution in [0.15, 0.2) is 0 Å². The second-order valence-corrected chi connectivity index (χ2v) is 35.3. The predicted molar refractivity (Wildman–Crippen MR) is 439 cm³/mol. The molecule has 2 amide bonds. The van der Waals surface area contributed by atoms with Crippen LogP contribution < -0.4 is 10.6 Å². The van der Waals surface area contributed by atoms with Crippen molar-refractivity contribution in [3.8, 4) is 0 Å². The number of phosphoric ester groups is 2. The van der Waals surface area contributed by atoms with Crippen molar-refractivity contribution in [2.45, 2.75) is 424 Å². The summed E-state index contributed by atoms with van der Waals surface area (Å²) in [5, 5.41) is 25.1. The highest BCUT2D eigenvalue weighted by molar-refractivity contribution is 8.76. The van der Waals surface area contributed by atoms with Crippen LogP contribution in [0, 0.1) is 0 Å². The van der Waals surface area contributed by atoms with Crippen LogP contribution >= 0.6 is 37.2 Å². The highest BCUT2D eigenvalue weighted by atomic mass is 33.1. The summed E-state index contributed by atoms with van der Waals surface area (Å²) in [5.41, 5.74) is 0. The Hall–Kier alpha value is -2.34. The summed E-state index contributed by atoms with van der Waals surface area (Å²) in [7, 11) is -7.14. The van der Waals surface area contributed by atoms with Gasteiger partial charge in [-0.2, -0.15) is 0 Å². The van der Waals surface area contributed by atoms with Gasteiger partial charge in [0.15, 0.2) is 12.2 Å². The normalized spacial score (nSPS) is 13.8. The van der Waals surface area contributed by atoms with Gasteiger partial charge in [0.05, 0.1) is 51.7 Å². The molecule has 0 heterocycles. The molecule has 0 aliphatic heterocycles. The number of phosphoric acid groups is 2. The van der Waals surface area contributed by atoms with Crippen LogP contribution in [0.2, 0.25) is 0 Å². The van der Waals surface area contributed by atoms with Gasteiger partial charge in [0, 0.05) is 50.0 Å². The van der Waals surface area contributed by atoms with Crippen LogP contribution in [0.3, 0.4) is 0 Å². The van der Waals surface area contributed by atoms with Crippen molar-refractivity contribution in [1.29, 1.82) is 0 Å². The smallest absolute Gasteiger partial charge is 0.462 e. The summed E-state index contributed by atoms with van der Waals surface area (Å²) in [6.45, 7) is 4.38. The van der Waals surface area contributed by atoms with Crippen LogP contribution in [-0.2, 0) is 74.9 Å². The van der Waals surface area contributed by atoms with Gasteiger partial charge >= 0.3 is 39.5 Å². The monoisotopic (exact) mass is 1620 g/mol. The molecule has 0 aliphatic rings. The number of amides is 2. The van der Waals surface area contributed by atoms with E-state index in [4.69, 9.17) is 37.0 Å². The minimum absolute atomic E-state index is 0.0291. The number of unbranched alkanes of at least 4 members (excludes halogenated alkanes) is 48. The first-order chi connectivity index (χ1) is 52.4. The Kier molecular flexibility index (Phi) is 76.8. The van der Waals surface area contributed by atoms with E-state index in [1.54, 1.807) is 0 Å². The van der Waals surface area contributed by atoms with Crippen molar-refractivity contribution in [3.63, 3.8) is 0 Å². The van der Waals surface area contributed by atoms with Crippen LogP contribution in [-0.4, -0.2) is 144 Å². The summed E-state index contributed by atoms with van der Waals surface area (Å²) in [4.78, 5) is 98.6. The summed E-state index contributed by atoms with van der Waals surface area (Å²) >= 11 is 0. The average molecular weight is 1620 g/mol. The zero-order valence-electron chi connectivity index (χ0n) is 68.4. The van der Waals surface area contributed by atoms with E-state index in [1.165, 1.54) is 240 Å². The van der Waals surface area contributed by atoms with Crippen molar-refractivity contribution in [1.82, 2.24) is 10.6 Å². The molecule has 638 valence electrons. The molecule has 6 N–H and O–H groups in total. The number of rotatable bonds is 85. The number of hydrogen-bond donors (Lipinski definition) is 6. The number of aliphatic hydroxyl groups is 2. The van der Waals surface area contributed by atoms with E-state index in [9.17, 15) is 57.9 Å². The second kappa shape index (κ2) is 78.5. The van der Waals surface area contributed by atoms with Gasteiger partial charge in [-0.1, -0.05) is 357 Å². The molecule has 108 heavy (non-hydrogen) atoms. The van der Waals surface area contributed by atoms with Gasteiger partial charge < -0.3 is 49.6 Å². The highest BCUT2D eigenvalue weighted by Crippen LogP contribution is 2.44. The highest BCUT2D eigenvalue weighted by Gasteiger charge is 2.30. The lowest BCUT2D eigenvalue weighted by Gasteiger charge is -2.21. The molecule has 0 aromatic rings. The Balaban J connectivity index is 5.09. The maximum absolute atomic E-state index is 13.1. The quantitative estimate of drug-likeness (QED) is 0.0108. The number of carbonyl (C=O) groups excluding carboxylic acids is 6. The number of hydrogen-bond acceptors (Lipinski definition) is 20. The third-order valence-electron chi connectivity index (χ3n) is 19.2. The van der Waals surface area contributed by atoms with Crippen molar-refractivity contribution in [3.05, 3.63) is 0 Å². The maximum atomic E-state index is 13.1. The summed E-state index contributed by atoms with van der Waals surface area (Å²) in [5.74, 6) is -2.50. The van der Waals surface area contributed by atoms with Gasteiger partial charge in [-0.3, -0.25) is 46.9 Å². The number of ether oxygens (including phenoxy) is 4. The molecule has 22 nitrogen and oxygen atoms in total. The third kappa shape index (κ3) is 75.0. The fourth-order valence-electron chi connectivity index (χ4n) is 12.5. The molecule has 6 atom stereocenters. The Morgan fingerprint density at radius 3 is 0.713 bits per heavy atom. The largest absolute Gasteiger partial charge is 0.472 e. The lowest BCUT2D eigenvalue weighted by molar-refractivity contribution is -0.161. The molecule has 0 rings (SSSR count). The van der Waals surface area contributed by atoms with Crippen molar-refractivity contribution >= 4 is 72.9 Å². The van der Waals surface area contributed by atoms with Gasteiger partial charge in [0.1, 0.15) is 13.2 Å². The second-order valence-electron chi connectivity index (χ2n) is 29.7. The molecule has 0 saturated carbocycles. The van der Waals surface area contributed by atoms with E-state index < -0.39 is 115 Å². The van der Waals surface area contributed by atoms with Crippen molar-refractivity contribution in [2.24, 2.45) is 0 Å². The first-order valence-corrected chi connectivity index (χ1v) is 48.9. The third-order valence-corrected chi connectivity index (χ3v) is 23.5. The van der Waals surface area contributed by atoms with Crippen molar-refractivity contribution < 1.29 is 94.9 Å². The molecule has 0 spiro atoms. The SMILES string of the molecule is CCCCCCCCCCCCCCCC(=O)OCC(COP(=O)(O)OCC(CO)NC(=O)CCSSCCC(=O)NC(CO)COP(=O)(O)OCC(COC(=O)CCCCCCCCCCCCCCC)OC(=O)CCCCCCCCCCCCCCC)OC(=O)CCCCCCCCCCCCCCC. The van der Waals surface area contributed by atoms with Crippen LogP contribution in [0.5, 0.6) is 0 Å². The van der Waals surface area contributed by atoms with E-state index >= 15 is 0 Å². The average Bonchev–Trinajstić information content (AvgIpc) is 0.903. The number of aliphatic hydroxyl groups excluding tert-OH is 2. The molecule has 0 radical (unpaired) electrons. The Morgan fingerprint density at radius 1 is 0.287 bits per heavy atom. The zero-order chi connectivity index (χ0) is 79.3. The fourth-order valence-corrected chi connectivity index (χ4v) is 16.0. The first kappa shape index (κ1) is 106. The fraction of sp³-hybridized carbons (Fsp3) is 0.927. The summed E-state index contributed by atoms with van der Waals surface area (Å²) in [6, 6.07) is -2.19.